The van der Waals surface area contributed by atoms with Crippen LogP contribution in [0.1, 0.15) is 18.9 Å². The summed E-state index contributed by atoms with van der Waals surface area (Å²) >= 11 is 0. The van der Waals surface area contributed by atoms with E-state index in [1.807, 2.05) is 25.1 Å². The van der Waals surface area contributed by atoms with Gasteiger partial charge in [-0.05, 0) is 31.9 Å². The summed E-state index contributed by atoms with van der Waals surface area (Å²) < 4.78 is 1.56. The van der Waals surface area contributed by atoms with Crippen LogP contribution in [0.4, 0.5) is 0 Å². The maximum atomic E-state index is 12.2. The van der Waals surface area contributed by atoms with E-state index < -0.39 is 6.10 Å². The molecule has 4 nitrogen and oxygen atoms in total. The largest absolute Gasteiger partial charge is 0.393 e. The zero-order chi connectivity index (χ0) is 12.4. The summed E-state index contributed by atoms with van der Waals surface area (Å²) in [7, 11) is 0. The Kier molecular flexibility index (Phi) is 3.24. The van der Waals surface area contributed by atoms with Crippen molar-refractivity contribution in [2.24, 2.45) is 0 Å². The third-order valence-electron chi connectivity index (χ3n) is 2.85. The van der Waals surface area contributed by atoms with Gasteiger partial charge in [-0.3, -0.25) is 9.36 Å². The highest BCUT2D eigenvalue weighted by Crippen LogP contribution is 2.11. The van der Waals surface area contributed by atoms with Gasteiger partial charge >= 0.3 is 0 Å². The summed E-state index contributed by atoms with van der Waals surface area (Å²) in [5.41, 5.74) is 1.63. The number of aliphatic hydroxyl groups is 1. The fourth-order valence-corrected chi connectivity index (χ4v) is 1.85. The molecule has 1 heterocycles. The lowest BCUT2D eigenvalue weighted by molar-refractivity contribution is 0.177. The fourth-order valence-electron chi connectivity index (χ4n) is 1.85. The van der Waals surface area contributed by atoms with E-state index in [1.165, 1.54) is 0 Å². The van der Waals surface area contributed by atoms with E-state index in [-0.39, 0.29) is 5.56 Å². The van der Waals surface area contributed by atoms with Crippen molar-refractivity contribution >= 4 is 10.9 Å². The molecule has 0 aliphatic rings. The van der Waals surface area contributed by atoms with Crippen molar-refractivity contribution in [3.8, 4) is 0 Å². The molecule has 1 N–H and O–H groups in total. The molecule has 4 heteroatoms. The summed E-state index contributed by atoms with van der Waals surface area (Å²) in [6.07, 6.45) is 1.69. The van der Waals surface area contributed by atoms with Gasteiger partial charge in [-0.1, -0.05) is 12.1 Å². The van der Waals surface area contributed by atoms with Crippen LogP contribution >= 0.6 is 0 Å². The number of benzene rings is 1. The van der Waals surface area contributed by atoms with Crippen molar-refractivity contribution < 1.29 is 5.11 Å². The predicted octanol–water partition coefficient (Wildman–Crippen LogP) is 1.48. The third kappa shape index (κ3) is 2.36. The second kappa shape index (κ2) is 4.67. The maximum Gasteiger partial charge on any atom is 0.261 e. The standard InChI is InChI=1S/C13H16N2O2/c1-9-4-3-5-11-12(9)13(17)15(8-14-11)7-6-10(2)16/h3-5,8,10,16H,6-7H2,1-2H3/t10-/m1/s1. The minimum absolute atomic E-state index is 0.0336. The molecule has 1 aromatic heterocycles. The van der Waals surface area contributed by atoms with E-state index in [4.69, 9.17) is 0 Å². The Balaban J connectivity index is 2.50. The van der Waals surface area contributed by atoms with Crippen LogP contribution in [0, 0.1) is 6.92 Å². The minimum atomic E-state index is -0.408. The van der Waals surface area contributed by atoms with E-state index >= 15 is 0 Å². The van der Waals surface area contributed by atoms with Crippen molar-refractivity contribution in [1.82, 2.24) is 9.55 Å². The van der Waals surface area contributed by atoms with Crippen LogP contribution in [0.15, 0.2) is 29.3 Å². The molecule has 0 unspecified atom stereocenters. The number of fused-ring (bicyclic) bond motifs is 1. The second-order valence-corrected chi connectivity index (χ2v) is 4.35. The summed E-state index contributed by atoms with van der Waals surface area (Å²) in [5.74, 6) is 0. The molecule has 0 bridgehead atoms. The van der Waals surface area contributed by atoms with Crippen molar-refractivity contribution in [3.05, 3.63) is 40.4 Å². The molecule has 90 valence electrons. The van der Waals surface area contributed by atoms with Crippen molar-refractivity contribution in [2.75, 3.05) is 0 Å². The lowest BCUT2D eigenvalue weighted by atomic mass is 10.1. The molecule has 17 heavy (non-hydrogen) atoms. The normalized spacial score (nSPS) is 12.9. The monoisotopic (exact) mass is 232 g/mol. The average molecular weight is 232 g/mol. The van der Waals surface area contributed by atoms with Crippen LogP contribution in [-0.4, -0.2) is 20.8 Å². The van der Waals surface area contributed by atoms with E-state index in [1.54, 1.807) is 17.8 Å². The molecule has 0 saturated heterocycles. The summed E-state index contributed by atoms with van der Waals surface area (Å²) in [5, 5.41) is 9.90. The molecule has 1 aromatic carbocycles. The van der Waals surface area contributed by atoms with Crippen molar-refractivity contribution in [2.45, 2.75) is 32.9 Å². The fraction of sp³-hybridized carbons (Fsp3) is 0.385. The number of aliphatic hydroxyl groups excluding tert-OH is 1. The highest BCUT2D eigenvalue weighted by atomic mass is 16.3. The van der Waals surface area contributed by atoms with Crippen LogP contribution in [0.2, 0.25) is 0 Å². The van der Waals surface area contributed by atoms with Crippen LogP contribution in [0.3, 0.4) is 0 Å². The van der Waals surface area contributed by atoms with Gasteiger partial charge in [-0.2, -0.15) is 0 Å². The highest BCUT2D eigenvalue weighted by Gasteiger charge is 2.06. The number of rotatable bonds is 3. The summed E-state index contributed by atoms with van der Waals surface area (Å²) in [4.78, 5) is 16.5. The zero-order valence-electron chi connectivity index (χ0n) is 10.1. The summed E-state index contributed by atoms with van der Waals surface area (Å²) in [6.45, 7) is 4.11. The van der Waals surface area contributed by atoms with Gasteiger partial charge in [-0.15, -0.1) is 0 Å². The van der Waals surface area contributed by atoms with Gasteiger partial charge in [0.25, 0.3) is 5.56 Å². The first-order valence-corrected chi connectivity index (χ1v) is 5.72. The molecular weight excluding hydrogens is 216 g/mol. The lowest BCUT2D eigenvalue weighted by Crippen LogP contribution is -2.22. The highest BCUT2D eigenvalue weighted by molar-refractivity contribution is 5.80. The Morgan fingerprint density at radius 1 is 1.47 bits per heavy atom. The van der Waals surface area contributed by atoms with Crippen LogP contribution in [-0.2, 0) is 6.54 Å². The molecule has 0 spiro atoms. The number of hydrogen-bond acceptors (Lipinski definition) is 3. The molecule has 0 aliphatic carbocycles. The molecule has 1 atom stereocenters. The maximum absolute atomic E-state index is 12.2. The van der Waals surface area contributed by atoms with E-state index in [0.717, 1.165) is 11.1 Å². The zero-order valence-corrected chi connectivity index (χ0v) is 10.1. The molecular formula is C13H16N2O2. The van der Waals surface area contributed by atoms with Gasteiger partial charge in [-0.25, -0.2) is 4.98 Å². The Hall–Kier alpha value is -1.68. The molecule has 0 saturated carbocycles. The Labute approximate surface area is 99.5 Å². The van der Waals surface area contributed by atoms with Crippen LogP contribution in [0.5, 0.6) is 0 Å². The minimum Gasteiger partial charge on any atom is -0.393 e. The van der Waals surface area contributed by atoms with Crippen LogP contribution < -0.4 is 5.56 Å². The molecule has 2 aromatic rings. The van der Waals surface area contributed by atoms with Gasteiger partial charge in [0.2, 0.25) is 0 Å². The predicted molar refractivity (Wildman–Crippen MR) is 67.0 cm³/mol. The molecule has 2 rings (SSSR count). The number of aromatic nitrogens is 2. The quantitative estimate of drug-likeness (QED) is 0.872. The van der Waals surface area contributed by atoms with Crippen molar-refractivity contribution in [3.63, 3.8) is 0 Å². The first-order chi connectivity index (χ1) is 8.09. The molecule has 0 amide bonds. The average Bonchev–Trinajstić information content (AvgIpc) is 2.28. The number of nitrogens with zero attached hydrogens (tertiary/aromatic N) is 2. The number of hydrogen-bond donors (Lipinski definition) is 1. The Bertz CT molecular complexity index is 587. The van der Waals surface area contributed by atoms with Crippen molar-refractivity contribution in [1.29, 1.82) is 0 Å². The first-order valence-electron chi connectivity index (χ1n) is 5.72. The van der Waals surface area contributed by atoms with Crippen LogP contribution in [0.25, 0.3) is 10.9 Å². The van der Waals surface area contributed by atoms with Gasteiger partial charge in [0.15, 0.2) is 0 Å². The van der Waals surface area contributed by atoms with E-state index in [2.05, 4.69) is 4.98 Å². The van der Waals surface area contributed by atoms with Gasteiger partial charge in [0.1, 0.15) is 0 Å². The SMILES string of the molecule is Cc1cccc2ncn(CC[C@@H](C)O)c(=O)c12. The smallest absolute Gasteiger partial charge is 0.261 e. The van der Waals surface area contributed by atoms with Gasteiger partial charge in [0, 0.05) is 6.54 Å². The van der Waals surface area contributed by atoms with Gasteiger partial charge < -0.3 is 5.11 Å². The Morgan fingerprint density at radius 2 is 2.24 bits per heavy atom. The molecule has 0 radical (unpaired) electrons. The van der Waals surface area contributed by atoms with E-state index in [9.17, 15) is 9.90 Å². The Morgan fingerprint density at radius 3 is 2.94 bits per heavy atom. The molecule has 0 aliphatic heterocycles. The topological polar surface area (TPSA) is 55.1 Å². The summed E-state index contributed by atoms with van der Waals surface area (Å²) in [6, 6.07) is 5.64. The second-order valence-electron chi connectivity index (χ2n) is 4.35. The first kappa shape index (κ1) is 11.8. The van der Waals surface area contributed by atoms with E-state index in [0.29, 0.717) is 18.4 Å². The molecule has 0 fully saturated rings. The number of aryl methyl sites for hydroxylation is 2. The van der Waals surface area contributed by atoms with Gasteiger partial charge in [0.05, 0.1) is 23.3 Å². The third-order valence-corrected chi connectivity index (χ3v) is 2.85. The lowest BCUT2D eigenvalue weighted by Gasteiger charge is -2.08.